The van der Waals surface area contributed by atoms with Crippen molar-refractivity contribution in [2.24, 2.45) is 11.1 Å². The molecule has 6 rings (SSSR count). The van der Waals surface area contributed by atoms with Crippen LogP contribution < -0.4 is 10.6 Å². The predicted octanol–water partition coefficient (Wildman–Crippen LogP) is 4.47. The average Bonchev–Trinajstić information content (AvgIpc) is 3.27. The van der Waals surface area contributed by atoms with E-state index in [4.69, 9.17) is 21.8 Å². The number of halogens is 4. The van der Waals surface area contributed by atoms with Gasteiger partial charge in [0, 0.05) is 23.8 Å². The predicted molar refractivity (Wildman–Crippen MR) is 131 cm³/mol. The highest BCUT2D eigenvalue weighted by molar-refractivity contribution is 7.91. The maximum absolute atomic E-state index is 15.3. The number of aromatic nitrogens is 2. The summed E-state index contributed by atoms with van der Waals surface area (Å²) in [5.41, 5.74) is 5.91. The van der Waals surface area contributed by atoms with Crippen molar-refractivity contribution in [1.29, 1.82) is 0 Å². The van der Waals surface area contributed by atoms with Crippen LogP contribution in [-0.4, -0.2) is 42.2 Å². The highest BCUT2D eigenvalue weighted by Crippen LogP contribution is 2.66. The van der Waals surface area contributed by atoms with Gasteiger partial charge in [-0.1, -0.05) is 23.7 Å². The first-order valence-corrected chi connectivity index (χ1v) is 14.0. The number of carbonyl (C=O) groups excluding carboxylic acids is 1. The molecule has 8 nitrogen and oxygen atoms in total. The lowest BCUT2D eigenvalue weighted by Crippen LogP contribution is -2.52. The van der Waals surface area contributed by atoms with E-state index in [-0.39, 0.29) is 53.2 Å². The summed E-state index contributed by atoms with van der Waals surface area (Å²) in [4.78, 5) is 14.0. The average molecular weight is 567 g/mol. The summed E-state index contributed by atoms with van der Waals surface area (Å²) in [6.45, 7) is -0.0405. The lowest BCUT2D eigenvalue weighted by molar-refractivity contribution is -0.198. The van der Waals surface area contributed by atoms with Crippen molar-refractivity contribution in [3.63, 3.8) is 0 Å². The standard InChI is InChI=1S/C25H22ClF3N4O4S/c26-15-3-1-13(2-4-15)9-33-19-5-16(17(27)6-20(19)38(35,36)10-18(30)23(33)34)22-32-31-21(37-22)14-7-24(8-14)11-25(28,29)12-24/h1-6,14,18H,7-12,30H2/t18-/m0/s1. The second-order valence-electron chi connectivity index (χ2n) is 10.5. The molecule has 2 aromatic carbocycles. The van der Waals surface area contributed by atoms with Crippen molar-refractivity contribution in [2.45, 2.75) is 55.0 Å². The van der Waals surface area contributed by atoms with Gasteiger partial charge >= 0.3 is 0 Å². The molecule has 1 amide bonds. The van der Waals surface area contributed by atoms with Gasteiger partial charge in [-0.25, -0.2) is 21.6 Å². The zero-order valence-corrected chi connectivity index (χ0v) is 21.4. The summed E-state index contributed by atoms with van der Waals surface area (Å²) in [7, 11) is -4.11. The number of hydrogen-bond donors (Lipinski definition) is 1. The van der Waals surface area contributed by atoms with Gasteiger partial charge in [0.15, 0.2) is 9.84 Å². The molecular weight excluding hydrogens is 545 g/mol. The van der Waals surface area contributed by atoms with Crippen LogP contribution in [0.4, 0.5) is 18.9 Å². The Morgan fingerprint density at radius 3 is 2.47 bits per heavy atom. The van der Waals surface area contributed by atoms with Crippen LogP contribution >= 0.6 is 11.6 Å². The van der Waals surface area contributed by atoms with Crippen molar-refractivity contribution in [2.75, 3.05) is 10.7 Å². The van der Waals surface area contributed by atoms with Crippen molar-refractivity contribution in [3.05, 3.63) is 58.7 Å². The van der Waals surface area contributed by atoms with Crippen LogP contribution in [0, 0.1) is 11.2 Å². The van der Waals surface area contributed by atoms with Gasteiger partial charge in [-0.3, -0.25) is 4.79 Å². The third-order valence-electron chi connectivity index (χ3n) is 7.56. The number of anilines is 1. The molecule has 1 spiro atoms. The molecule has 2 N–H and O–H groups in total. The van der Waals surface area contributed by atoms with Crippen LogP contribution in [0.15, 0.2) is 45.7 Å². The molecule has 0 radical (unpaired) electrons. The molecule has 1 atom stereocenters. The molecule has 3 aliphatic rings. The zero-order chi connectivity index (χ0) is 27.0. The molecule has 2 fully saturated rings. The number of rotatable bonds is 4. The quantitative estimate of drug-likeness (QED) is 0.495. The lowest BCUT2D eigenvalue weighted by atomic mass is 9.50. The van der Waals surface area contributed by atoms with E-state index in [2.05, 4.69) is 10.2 Å². The van der Waals surface area contributed by atoms with Crippen molar-refractivity contribution >= 4 is 33.0 Å². The summed E-state index contributed by atoms with van der Waals surface area (Å²) in [5, 5.41) is 8.41. The molecule has 2 saturated carbocycles. The Morgan fingerprint density at radius 1 is 1.13 bits per heavy atom. The van der Waals surface area contributed by atoms with E-state index in [0.29, 0.717) is 23.4 Å². The maximum Gasteiger partial charge on any atom is 0.250 e. The zero-order valence-electron chi connectivity index (χ0n) is 19.8. The van der Waals surface area contributed by atoms with Crippen LogP contribution in [0.2, 0.25) is 5.02 Å². The Bertz CT molecular complexity index is 1540. The molecule has 2 aliphatic carbocycles. The highest BCUT2D eigenvalue weighted by Gasteiger charge is 2.62. The Kier molecular flexibility index (Phi) is 5.68. The number of amides is 1. The fraction of sp³-hybridized carbons (Fsp3) is 0.400. The smallest absolute Gasteiger partial charge is 0.250 e. The first-order valence-electron chi connectivity index (χ1n) is 11.9. The third kappa shape index (κ3) is 4.28. The number of carbonyl (C=O) groups is 1. The van der Waals surface area contributed by atoms with Crippen LogP contribution in [-0.2, 0) is 21.2 Å². The monoisotopic (exact) mass is 566 g/mol. The van der Waals surface area contributed by atoms with Crippen LogP contribution in [0.25, 0.3) is 11.5 Å². The first-order chi connectivity index (χ1) is 17.8. The van der Waals surface area contributed by atoms with Gasteiger partial charge in [0.1, 0.15) is 5.82 Å². The minimum absolute atomic E-state index is 0.0405. The Labute approximate surface area is 220 Å². The van der Waals surface area contributed by atoms with Gasteiger partial charge in [0.05, 0.1) is 34.5 Å². The number of benzene rings is 2. The second-order valence-corrected chi connectivity index (χ2v) is 12.9. The summed E-state index contributed by atoms with van der Waals surface area (Å²) in [5.74, 6) is -5.10. The minimum atomic E-state index is -4.11. The van der Waals surface area contributed by atoms with E-state index in [1.54, 1.807) is 24.3 Å². The molecule has 1 aliphatic heterocycles. The molecule has 0 saturated heterocycles. The Morgan fingerprint density at radius 2 is 1.82 bits per heavy atom. The lowest BCUT2D eigenvalue weighted by Gasteiger charge is -2.56. The van der Waals surface area contributed by atoms with E-state index in [1.165, 1.54) is 11.0 Å². The van der Waals surface area contributed by atoms with Crippen molar-refractivity contribution < 1.29 is 30.8 Å². The van der Waals surface area contributed by atoms with Gasteiger partial charge in [0.25, 0.3) is 5.89 Å². The molecule has 3 aromatic rings. The van der Waals surface area contributed by atoms with E-state index in [0.717, 1.165) is 6.07 Å². The topological polar surface area (TPSA) is 119 Å². The number of nitrogens with two attached hydrogens (primary N) is 1. The Balaban J connectivity index is 1.36. The van der Waals surface area contributed by atoms with Gasteiger partial charge in [-0.05, 0) is 48.1 Å². The second kappa shape index (κ2) is 8.52. The van der Waals surface area contributed by atoms with Gasteiger partial charge in [-0.2, -0.15) is 0 Å². The van der Waals surface area contributed by atoms with Crippen LogP contribution in [0.3, 0.4) is 0 Å². The fourth-order valence-corrected chi connectivity index (χ4v) is 7.51. The molecule has 0 unspecified atom stereocenters. The largest absolute Gasteiger partial charge is 0.420 e. The number of fused-ring (bicyclic) bond motifs is 1. The summed E-state index contributed by atoms with van der Waals surface area (Å²) < 4.78 is 73.7. The normalized spacial score (nSPS) is 23.4. The maximum atomic E-state index is 15.3. The van der Waals surface area contributed by atoms with E-state index in [1.807, 2.05) is 0 Å². The first kappa shape index (κ1) is 25.3. The molecule has 13 heteroatoms. The number of sulfone groups is 1. The highest BCUT2D eigenvalue weighted by atomic mass is 35.5. The van der Waals surface area contributed by atoms with Gasteiger partial charge in [0.2, 0.25) is 17.7 Å². The minimum Gasteiger partial charge on any atom is -0.420 e. The molecule has 200 valence electrons. The molecule has 0 bridgehead atoms. The molecular formula is C25H22ClF3N4O4S. The van der Waals surface area contributed by atoms with Crippen molar-refractivity contribution in [3.8, 4) is 11.5 Å². The number of hydrogen-bond acceptors (Lipinski definition) is 7. The van der Waals surface area contributed by atoms with Gasteiger partial charge < -0.3 is 15.1 Å². The summed E-state index contributed by atoms with van der Waals surface area (Å²) in [6.07, 6.45) is 0.642. The number of alkyl halides is 2. The van der Waals surface area contributed by atoms with E-state index >= 15 is 4.39 Å². The summed E-state index contributed by atoms with van der Waals surface area (Å²) in [6, 6.07) is 7.28. The number of nitrogens with zero attached hydrogens (tertiary/aromatic N) is 3. The van der Waals surface area contributed by atoms with E-state index < -0.39 is 44.7 Å². The van der Waals surface area contributed by atoms with E-state index in [9.17, 15) is 22.0 Å². The molecule has 2 heterocycles. The van der Waals surface area contributed by atoms with Crippen molar-refractivity contribution in [1.82, 2.24) is 10.2 Å². The molecule has 38 heavy (non-hydrogen) atoms. The Hall–Kier alpha value is -2.96. The molecule has 1 aromatic heterocycles. The SMILES string of the molecule is N[C@H]1CS(=O)(=O)c2cc(F)c(-c3nnc(C4CC5(C4)CC(F)(F)C5)o3)cc2N(Cc2ccc(Cl)cc2)C1=O. The van der Waals surface area contributed by atoms with Crippen LogP contribution in [0.5, 0.6) is 0 Å². The van der Waals surface area contributed by atoms with Gasteiger partial charge in [-0.15, -0.1) is 10.2 Å². The van der Waals surface area contributed by atoms with Crippen LogP contribution in [0.1, 0.15) is 43.1 Å². The summed E-state index contributed by atoms with van der Waals surface area (Å²) >= 11 is 5.96. The fourth-order valence-electron chi connectivity index (χ4n) is 5.82. The third-order valence-corrected chi connectivity index (χ3v) is 9.60.